The molecule has 1 fully saturated rings. The van der Waals surface area contributed by atoms with Crippen molar-refractivity contribution in [2.45, 2.75) is 6.54 Å². The van der Waals surface area contributed by atoms with Crippen molar-refractivity contribution in [2.75, 3.05) is 7.11 Å². The Labute approximate surface area is 230 Å². The molecule has 11 nitrogen and oxygen atoms in total. The number of carbonyl (C=O) groups excluding carboxylic acids is 2. The monoisotopic (exact) mass is 563 g/mol. The Morgan fingerprint density at radius 2 is 1.79 bits per heavy atom. The molecule has 0 bridgehead atoms. The second-order valence-electron chi connectivity index (χ2n) is 8.16. The first-order valence-corrected chi connectivity index (χ1v) is 12.5. The van der Waals surface area contributed by atoms with Gasteiger partial charge in [0.15, 0.2) is 11.5 Å². The van der Waals surface area contributed by atoms with Crippen LogP contribution in [0.3, 0.4) is 0 Å². The Bertz CT molecular complexity index is 1600. The molecule has 0 unspecified atom stereocenters. The first-order chi connectivity index (χ1) is 18.8. The van der Waals surface area contributed by atoms with Gasteiger partial charge >= 0.3 is 0 Å². The Morgan fingerprint density at radius 3 is 2.49 bits per heavy atom. The lowest BCUT2D eigenvalue weighted by molar-refractivity contribution is -0.384. The number of hydrogen-bond donors (Lipinski definition) is 0. The Kier molecular flexibility index (Phi) is 7.30. The van der Waals surface area contributed by atoms with Gasteiger partial charge in [0, 0.05) is 17.2 Å². The molecule has 4 aromatic rings. The highest BCUT2D eigenvalue weighted by atomic mass is 35.5. The van der Waals surface area contributed by atoms with E-state index in [9.17, 15) is 19.7 Å². The molecule has 0 spiro atoms. The molecule has 0 atom stereocenters. The summed E-state index contributed by atoms with van der Waals surface area (Å²) in [5.74, 6) is 0.656. The average molecular weight is 564 g/mol. The van der Waals surface area contributed by atoms with Gasteiger partial charge in [-0.1, -0.05) is 22.9 Å². The van der Waals surface area contributed by atoms with Gasteiger partial charge in [-0.2, -0.15) is 0 Å². The minimum Gasteiger partial charge on any atom is -0.493 e. The number of rotatable bonds is 8. The van der Waals surface area contributed by atoms with Crippen molar-refractivity contribution in [3.63, 3.8) is 0 Å². The van der Waals surface area contributed by atoms with E-state index in [-0.39, 0.29) is 17.1 Å². The quantitative estimate of drug-likeness (QED) is 0.147. The first kappa shape index (κ1) is 25.9. The number of halogens is 1. The number of nitro groups is 1. The third kappa shape index (κ3) is 5.76. The van der Waals surface area contributed by atoms with E-state index in [0.717, 1.165) is 22.3 Å². The number of ether oxygens (including phenoxy) is 2. The summed E-state index contributed by atoms with van der Waals surface area (Å²) in [6.07, 6.45) is 3.22. The molecular weight excluding hydrogens is 546 g/mol. The van der Waals surface area contributed by atoms with Gasteiger partial charge in [0.1, 0.15) is 11.4 Å². The highest BCUT2D eigenvalue weighted by Gasteiger charge is 2.35. The maximum Gasteiger partial charge on any atom is 0.293 e. The molecule has 196 valence electrons. The van der Waals surface area contributed by atoms with E-state index in [4.69, 9.17) is 21.1 Å². The number of carbonyl (C=O) groups is 2. The molecule has 1 aliphatic heterocycles. The van der Waals surface area contributed by atoms with E-state index in [1.54, 1.807) is 54.7 Å². The van der Waals surface area contributed by atoms with Crippen LogP contribution in [0.25, 0.3) is 11.8 Å². The van der Waals surface area contributed by atoms with Gasteiger partial charge in [-0.3, -0.25) is 24.6 Å². The van der Waals surface area contributed by atoms with Gasteiger partial charge in [0.05, 0.1) is 35.4 Å². The zero-order chi connectivity index (χ0) is 27.5. The van der Waals surface area contributed by atoms with E-state index in [1.807, 2.05) is 0 Å². The van der Waals surface area contributed by atoms with Crippen LogP contribution in [0, 0.1) is 10.1 Å². The van der Waals surface area contributed by atoms with Gasteiger partial charge in [-0.15, -0.1) is 5.10 Å². The number of methoxy groups -OCH3 is 1. The van der Waals surface area contributed by atoms with Crippen molar-refractivity contribution in [3.8, 4) is 22.9 Å². The van der Waals surface area contributed by atoms with Gasteiger partial charge in [-0.25, -0.2) is 4.68 Å². The predicted octanol–water partition coefficient (Wildman–Crippen LogP) is 5.87. The van der Waals surface area contributed by atoms with E-state index in [0.29, 0.717) is 33.5 Å². The smallest absolute Gasteiger partial charge is 0.293 e. The number of aromatic nitrogens is 3. The number of nitrogens with zero attached hydrogens (tertiary/aromatic N) is 5. The van der Waals surface area contributed by atoms with Crippen molar-refractivity contribution in [1.29, 1.82) is 0 Å². The number of thioether (sulfide) groups is 1. The average Bonchev–Trinajstić information content (AvgIpc) is 3.50. The highest BCUT2D eigenvalue weighted by molar-refractivity contribution is 8.18. The fourth-order valence-electron chi connectivity index (χ4n) is 3.67. The molecule has 1 saturated heterocycles. The van der Waals surface area contributed by atoms with Crippen molar-refractivity contribution >= 4 is 46.3 Å². The van der Waals surface area contributed by atoms with Crippen molar-refractivity contribution in [3.05, 3.63) is 104 Å². The number of benzene rings is 3. The molecule has 0 radical (unpaired) electrons. The summed E-state index contributed by atoms with van der Waals surface area (Å²) in [5.41, 5.74) is 1.70. The number of imide groups is 1. The van der Waals surface area contributed by atoms with Crippen LogP contribution in [-0.4, -0.2) is 43.1 Å². The molecule has 3 aromatic carbocycles. The summed E-state index contributed by atoms with van der Waals surface area (Å²) in [6, 6.07) is 17.6. The Balaban J connectivity index is 1.32. The zero-order valence-corrected chi connectivity index (χ0v) is 21.8. The lowest BCUT2D eigenvalue weighted by Crippen LogP contribution is -2.27. The fourth-order valence-corrected chi connectivity index (χ4v) is 4.63. The third-order valence-corrected chi connectivity index (χ3v) is 6.75. The molecule has 5 rings (SSSR count). The minimum absolute atomic E-state index is 0.0350. The predicted molar refractivity (Wildman–Crippen MR) is 144 cm³/mol. The van der Waals surface area contributed by atoms with E-state index >= 15 is 0 Å². The second-order valence-corrected chi connectivity index (χ2v) is 9.59. The van der Waals surface area contributed by atoms with Crippen LogP contribution in [0.1, 0.15) is 11.3 Å². The molecule has 0 N–H and O–H groups in total. The molecule has 2 amide bonds. The molecule has 1 aromatic heterocycles. The molecule has 2 heterocycles. The normalized spacial score (nSPS) is 14.2. The van der Waals surface area contributed by atoms with Crippen LogP contribution in [-0.2, 0) is 11.3 Å². The van der Waals surface area contributed by atoms with Crippen LogP contribution in [0.5, 0.6) is 17.2 Å². The Morgan fingerprint density at radius 1 is 1.05 bits per heavy atom. The third-order valence-electron chi connectivity index (χ3n) is 5.59. The van der Waals surface area contributed by atoms with Crippen molar-refractivity contribution in [1.82, 2.24) is 19.9 Å². The van der Waals surface area contributed by atoms with Crippen LogP contribution in [0.15, 0.2) is 77.8 Å². The summed E-state index contributed by atoms with van der Waals surface area (Å²) < 4.78 is 12.8. The van der Waals surface area contributed by atoms with Gasteiger partial charge in [-0.05, 0) is 71.9 Å². The summed E-state index contributed by atoms with van der Waals surface area (Å²) in [6.45, 7) is -0.0350. The molecule has 39 heavy (non-hydrogen) atoms. The van der Waals surface area contributed by atoms with Gasteiger partial charge in [0.25, 0.3) is 16.8 Å². The first-order valence-electron chi connectivity index (χ1n) is 11.3. The van der Waals surface area contributed by atoms with Gasteiger partial charge in [0.2, 0.25) is 0 Å². The van der Waals surface area contributed by atoms with Crippen molar-refractivity contribution in [2.24, 2.45) is 0 Å². The molecule has 1 aliphatic rings. The van der Waals surface area contributed by atoms with E-state index in [1.165, 1.54) is 36.1 Å². The molecular formula is C26H18ClN5O6S. The van der Waals surface area contributed by atoms with Crippen LogP contribution >= 0.6 is 23.4 Å². The van der Waals surface area contributed by atoms with E-state index in [2.05, 4.69) is 10.3 Å². The summed E-state index contributed by atoms with van der Waals surface area (Å²) in [5, 5.41) is 19.2. The molecule has 13 heteroatoms. The minimum atomic E-state index is -0.500. The topological polar surface area (TPSA) is 130 Å². The lowest BCUT2D eigenvalue weighted by Gasteiger charge is -2.11. The van der Waals surface area contributed by atoms with E-state index < -0.39 is 16.1 Å². The Hall–Kier alpha value is -4.68. The van der Waals surface area contributed by atoms with Crippen LogP contribution in [0.2, 0.25) is 5.02 Å². The number of amides is 2. The molecule has 0 aliphatic carbocycles. The number of nitro benzene ring substituents is 1. The van der Waals surface area contributed by atoms with Crippen LogP contribution in [0.4, 0.5) is 10.5 Å². The lowest BCUT2D eigenvalue weighted by atomic mass is 10.1. The van der Waals surface area contributed by atoms with Crippen LogP contribution < -0.4 is 9.47 Å². The summed E-state index contributed by atoms with van der Waals surface area (Å²) in [7, 11) is 1.48. The second kappa shape index (κ2) is 11.0. The standard InChI is InChI=1S/C26H18ClN5O6S/c1-37-22-11-2-16(12-23(22)38-21-9-7-20(8-10-21)32(35)36)13-24-25(33)30(26(34)39-24)14-18-15-31(29-28-18)19-5-3-17(27)4-6-19/h2-13,15H,14H2,1H3/b24-13-. The number of hydrogen-bond acceptors (Lipinski definition) is 9. The largest absolute Gasteiger partial charge is 0.493 e. The maximum atomic E-state index is 13.1. The van der Waals surface area contributed by atoms with Crippen molar-refractivity contribution < 1.29 is 24.0 Å². The highest BCUT2D eigenvalue weighted by Crippen LogP contribution is 2.37. The number of non-ortho nitro benzene ring substituents is 1. The van der Waals surface area contributed by atoms with Gasteiger partial charge < -0.3 is 9.47 Å². The SMILES string of the molecule is COc1ccc(/C=C2\SC(=O)N(Cc3cn(-c4ccc(Cl)cc4)nn3)C2=O)cc1Oc1ccc([N+](=O)[O-])cc1. The molecule has 0 saturated carbocycles. The summed E-state index contributed by atoms with van der Waals surface area (Å²) >= 11 is 6.75. The maximum absolute atomic E-state index is 13.1. The summed E-state index contributed by atoms with van der Waals surface area (Å²) in [4.78, 5) is 37.4. The fraction of sp³-hybridized carbons (Fsp3) is 0.0769. The zero-order valence-electron chi connectivity index (χ0n) is 20.2.